The summed E-state index contributed by atoms with van der Waals surface area (Å²) in [7, 11) is 0. The van der Waals surface area contributed by atoms with Crippen molar-refractivity contribution in [2.24, 2.45) is 11.8 Å². The zero-order chi connectivity index (χ0) is 9.76. The highest BCUT2D eigenvalue weighted by atomic mass is 16.5. The van der Waals surface area contributed by atoms with E-state index in [4.69, 9.17) is 4.74 Å². The Morgan fingerprint density at radius 2 is 2.14 bits per heavy atom. The summed E-state index contributed by atoms with van der Waals surface area (Å²) in [6, 6.07) is 0. The van der Waals surface area contributed by atoms with E-state index in [1.807, 2.05) is 0 Å². The van der Waals surface area contributed by atoms with Crippen LogP contribution in [0, 0.1) is 11.8 Å². The van der Waals surface area contributed by atoms with E-state index in [0.717, 1.165) is 18.8 Å². The summed E-state index contributed by atoms with van der Waals surface area (Å²) in [5, 5.41) is 9.98. The van der Waals surface area contributed by atoms with E-state index < -0.39 is 0 Å². The van der Waals surface area contributed by atoms with E-state index in [1.54, 1.807) is 0 Å². The molecule has 1 N–H and O–H groups in total. The molecule has 2 saturated heterocycles. The van der Waals surface area contributed by atoms with Gasteiger partial charge in [-0.25, -0.2) is 0 Å². The van der Waals surface area contributed by atoms with Crippen LogP contribution in [0.1, 0.15) is 45.4 Å². The van der Waals surface area contributed by atoms with Crippen molar-refractivity contribution in [1.29, 1.82) is 0 Å². The van der Waals surface area contributed by atoms with E-state index in [9.17, 15) is 5.11 Å². The average molecular weight is 196 g/mol. The van der Waals surface area contributed by atoms with Crippen LogP contribution >= 0.6 is 0 Å². The first kappa shape index (κ1) is 9.17. The maximum atomic E-state index is 9.98. The largest absolute Gasteiger partial charge is 0.390 e. The van der Waals surface area contributed by atoms with Crippen LogP contribution in [-0.2, 0) is 4.74 Å². The molecule has 1 aliphatic carbocycles. The zero-order valence-electron chi connectivity index (χ0n) is 8.91. The van der Waals surface area contributed by atoms with Gasteiger partial charge < -0.3 is 9.84 Å². The molecule has 3 aliphatic rings. The molecule has 2 heteroatoms. The van der Waals surface area contributed by atoms with Crippen molar-refractivity contribution in [3.63, 3.8) is 0 Å². The van der Waals surface area contributed by atoms with Crippen molar-refractivity contribution in [1.82, 2.24) is 0 Å². The standard InChI is InChI=1S/C12H20O2/c1-8-7-12-6-2-3-9(12)4-5-10(14-12)11(8)13/h8-11,13H,2-7H2,1H3/t8-,9+,10+,11+,12-/m0/s1. The first-order chi connectivity index (χ1) is 6.71. The molecule has 2 bridgehead atoms. The summed E-state index contributed by atoms with van der Waals surface area (Å²) >= 11 is 0. The van der Waals surface area contributed by atoms with Crippen LogP contribution in [0.2, 0.25) is 0 Å². The number of hydrogen-bond acceptors (Lipinski definition) is 2. The third kappa shape index (κ3) is 1.10. The minimum Gasteiger partial charge on any atom is -0.390 e. The fourth-order valence-electron chi connectivity index (χ4n) is 3.99. The molecule has 2 heterocycles. The molecule has 1 spiro atoms. The van der Waals surface area contributed by atoms with Gasteiger partial charge in [0.15, 0.2) is 0 Å². The maximum absolute atomic E-state index is 9.98. The van der Waals surface area contributed by atoms with Gasteiger partial charge in [0.05, 0.1) is 17.8 Å². The number of aliphatic hydroxyl groups excluding tert-OH is 1. The Morgan fingerprint density at radius 1 is 1.29 bits per heavy atom. The van der Waals surface area contributed by atoms with Crippen molar-refractivity contribution < 1.29 is 9.84 Å². The van der Waals surface area contributed by atoms with Gasteiger partial charge in [-0.2, -0.15) is 0 Å². The quantitative estimate of drug-likeness (QED) is 0.643. The van der Waals surface area contributed by atoms with Gasteiger partial charge in [-0.05, 0) is 43.9 Å². The fourth-order valence-corrected chi connectivity index (χ4v) is 3.99. The van der Waals surface area contributed by atoms with Crippen molar-refractivity contribution >= 4 is 0 Å². The Labute approximate surface area is 85.6 Å². The first-order valence-corrected chi connectivity index (χ1v) is 6.07. The van der Waals surface area contributed by atoms with Crippen LogP contribution < -0.4 is 0 Å². The van der Waals surface area contributed by atoms with Gasteiger partial charge in [0.2, 0.25) is 0 Å². The summed E-state index contributed by atoms with van der Waals surface area (Å²) < 4.78 is 6.17. The highest BCUT2D eigenvalue weighted by Crippen LogP contribution is 2.53. The van der Waals surface area contributed by atoms with Gasteiger partial charge in [0.1, 0.15) is 0 Å². The Hall–Kier alpha value is -0.0800. The summed E-state index contributed by atoms with van der Waals surface area (Å²) in [4.78, 5) is 0. The predicted molar refractivity (Wildman–Crippen MR) is 54.0 cm³/mol. The molecule has 0 amide bonds. The molecule has 0 radical (unpaired) electrons. The van der Waals surface area contributed by atoms with Crippen molar-refractivity contribution in [3.8, 4) is 0 Å². The molecular weight excluding hydrogens is 176 g/mol. The molecule has 14 heavy (non-hydrogen) atoms. The maximum Gasteiger partial charge on any atom is 0.0844 e. The number of hydrogen-bond donors (Lipinski definition) is 1. The molecule has 0 unspecified atom stereocenters. The second-order valence-corrected chi connectivity index (χ2v) is 5.56. The minimum atomic E-state index is -0.206. The Balaban J connectivity index is 1.89. The third-order valence-corrected chi connectivity index (χ3v) is 4.71. The summed E-state index contributed by atoms with van der Waals surface area (Å²) in [5.41, 5.74) is 0.182. The normalized spacial score (nSPS) is 57.0. The highest BCUT2D eigenvalue weighted by molar-refractivity contribution is 5.03. The fraction of sp³-hybridized carbons (Fsp3) is 1.00. The molecule has 2 nitrogen and oxygen atoms in total. The molecule has 0 aromatic carbocycles. The molecule has 0 aromatic rings. The molecule has 3 rings (SSSR count). The first-order valence-electron chi connectivity index (χ1n) is 6.07. The van der Waals surface area contributed by atoms with Crippen molar-refractivity contribution in [2.75, 3.05) is 0 Å². The minimum absolute atomic E-state index is 0.146. The Kier molecular flexibility index (Phi) is 1.94. The predicted octanol–water partition coefficient (Wildman–Crippen LogP) is 2.11. The SMILES string of the molecule is C[C@H]1C[C@@]23CCC[C@@H]2CC[C@@H](O3)[C@@H]1O. The second-order valence-electron chi connectivity index (χ2n) is 5.56. The Morgan fingerprint density at radius 3 is 3.00 bits per heavy atom. The van der Waals surface area contributed by atoms with E-state index in [-0.39, 0.29) is 17.8 Å². The molecule has 2 aliphatic heterocycles. The van der Waals surface area contributed by atoms with E-state index in [2.05, 4.69) is 6.92 Å². The second kappa shape index (κ2) is 2.96. The van der Waals surface area contributed by atoms with Crippen LogP contribution in [0.5, 0.6) is 0 Å². The molecule has 1 saturated carbocycles. The molecule has 3 fully saturated rings. The van der Waals surface area contributed by atoms with Gasteiger partial charge in [0.25, 0.3) is 0 Å². The molecule has 80 valence electrons. The van der Waals surface area contributed by atoms with Crippen molar-refractivity contribution in [3.05, 3.63) is 0 Å². The molecule has 0 aromatic heterocycles. The monoisotopic (exact) mass is 196 g/mol. The third-order valence-electron chi connectivity index (χ3n) is 4.71. The molecule has 5 atom stereocenters. The average Bonchev–Trinajstić information content (AvgIpc) is 2.56. The number of fused-ring (bicyclic) bond motifs is 1. The number of rotatable bonds is 0. The lowest BCUT2D eigenvalue weighted by molar-refractivity contribution is -0.233. The van der Waals surface area contributed by atoms with Crippen LogP contribution in [-0.4, -0.2) is 22.9 Å². The molecular formula is C12H20O2. The van der Waals surface area contributed by atoms with Gasteiger partial charge in [-0.15, -0.1) is 0 Å². The van der Waals surface area contributed by atoms with Gasteiger partial charge in [-0.3, -0.25) is 0 Å². The lowest BCUT2D eigenvalue weighted by atomic mass is 9.71. The lowest BCUT2D eigenvalue weighted by Gasteiger charge is -2.51. The van der Waals surface area contributed by atoms with E-state index >= 15 is 0 Å². The van der Waals surface area contributed by atoms with Gasteiger partial charge in [-0.1, -0.05) is 13.3 Å². The number of aliphatic hydroxyl groups is 1. The highest BCUT2D eigenvalue weighted by Gasteiger charge is 2.54. The van der Waals surface area contributed by atoms with Gasteiger partial charge in [0, 0.05) is 0 Å². The van der Waals surface area contributed by atoms with Crippen LogP contribution in [0.25, 0.3) is 0 Å². The summed E-state index contributed by atoms with van der Waals surface area (Å²) in [6.45, 7) is 2.18. The number of ether oxygens (including phenoxy) is 1. The van der Waals surface area contributed by atoms with Crippen LogP contribution in [0.15, 0.2) is 0 Å². The summed E-state index contributed by atoms with van der Waals surface area (Å²) in [5.74, 6) is 1.24. The zero-order valence-corrected chi connectivity index (χ0v) is 8.91. The van der Waals surface area contributed by atoms with E-state index in [1.165, 1.54) is 25.7 Å². The Bertz CT molecular complexity index is 236. The van der Waals surface area contributed by atoms with Crippen LogP contribution in [0.3, 0.4) is 0 Å². The topological polar surface area (TPSA) is 29.5 Å². The van der Waals surface area contributed by atoms with Crippen molar-refractivity contribution in [2.45, 2.75) is 63.3 Å². The smallest absolute Gasteiger partial charge is 0.0844 e. The van der Waals surface area contributed by atoms with E-state index in [0.29, 0.717) is 5.92 Å². The van der Waals surface area contributed by atoms with Crippen LogP contribution in [0.4, 0.5) is 0 Å². The van der Waals surface area contributed by atoms with Gasteiger partial charge >= 0.3 is 0 Å². The summed E-state index contributed by atoms with van der Waals surface area (Å²) in [6.07, 6.45) is 7.33. The lowest BCUT2D eigenvalue weighted by Crippen LogP contribution is -2.56.